The van der Waals surface area contributed by atoms with Crippen molar-refractivity contribution in [3.05, 3.63) is 56.5 Å². The molecule has 2 aromatic carbocycles. The van der Waals surface area contributed by atoms with E-state index < -0.39 is 0 Å². The van der Waals surface area contributed by atoms with Crippen molar-refractivity contribution in [3.8, 4) is 5.75 Å². The molecule has 2 aromatic rings. The molecule has 0 radical (unpaired) electrons. The highest BCUT2D eigenvalue weighted by Crippen LogP contribution is 2.26. The number of anilines is 1. The second kappa shape index (κ2) is 5.85. The summed E-state index contributed by atoms with van der Waals surface area (Å²) in [5.74, 6) is -0.313. The Hall–Kier alpha value is -1.52. The third kappa shape index (κ3) is 3.14. The number of benzene rings is 2. The van der Waals surface area contributed by atoms with E-state index in [9.17, 15) is 9.90 Å². The van der Waals surface area contributed by atoms with Crippen molar-refractivity contribution in [3.63, 3.8) is 0 Å². The van der Waals surface area contributed by atoms with E-state index in [1.807, 2.05) is 26.0 Å². The topological polar surface area (TPSA) is 49.3 Å². The number of hydrogen-bond acceptors (Lipinski definition) is 2. The van der Waals surface area contributed by atoms with Crippen molar-refractivity contribution in [2.24, 2.45) is 0 Å². The fraction of sp³-hybridized carbons (Fsp3) is 0.133. The maximum atomic E-state index is 12.1. The number of nitrogens with one attached hydrogen (secondary N) is 1. The molecule has 104 valence electrons. The normalized spacial score (nSPS) is 10.4. The fourth-order valence-electron chi connectivity index (χ4n) is 1.87. The number of aryl methyl sites for hydroxylation is 2. The Kier molecular flexibility index (Phi) is 4.35. The van der Waals surface area contributed by atoms with Crippen LogP contribution in [0.2, 0.25) is 5.02 Å². The van der Waals surface area contributed by atoms with Crippen molar-refractivity contribution in [1.82, 2.24) is 0 Å². The minimum atomic E-state index is -0.270. The van der Waals surface area contributed by atoms with E-state index in [-0.39, 0.29) is 16.7 Å². The number of amides is 1. The van der Waals surface area contributed by atoms with Gasteiger partial charge in [0, 0.05) is 15.7 Å². The molecule has 3 nitrogen and oxygen atoms in total. The van der Waals surface area contributed by atoms with Crippen molar-refractivity contribution in [2.75, 3.05) is 5.32 Å². The summed E-state index contributed by atoms with van der Waals surface area (Å²) in [5, 5.41) is 12.3. The third-order valence-electron chi connectivity index (χ3n) is 2.90. The fourth-order valence-corrected chi connectivity index (χ4v) is 2.28. The molecule has 0 saturated heterocycles. The molecule has 0 aromatic heterocycles. The predicted molar refractivity (Wildman–Crippen MR) is 84.7 cm³/mol. The van der Waals surface area contributed by atoms with E-state index in [0.717, 1.165) is 21.3 Å². The molecule has 0 aliphatic heterocycles. The van der Waals surface area contributed by atoms with Crippen LogP contribution in [0.4, 0.5) is 5.69 Å². The Morgan fingerprint density at radius 2 is 1.80 bits per heavy atom. The van der Waals surface area contributed by atoms with Crippen LogP contribution in [-0.2, 0) is 0 Å². The summed E-state index contributed by atoms with van der Waals surface area (Å²) < 4.78 is 1.03. The first-order valence-electron chi connectivity index (χ1n) is 5.95. The molecule has 0 heterocycles. The number of phenolic OH excluding ortho intramolecular Hbond substituents is 1. The van der Waals surface area contributed by atoms with Crippen LogP contribution < -0.4 is 5.32 Å². The van der Waals surface area contributed by atoms with E-state index in [2.05, 4.69) is 21.2 Å². The van der Waals surface area contributed by atoms with Crippen LogP contribution in [0.15, 0.2) is 34.8 Å². The molecule has 2 N–H and O–H groups in total. The smallest absolute Gasteiger partial charge is 0.255 e. The number of aromatic hydroxyl groups is 1. The first-order valence-corrected chi connectivity index (χ1v) is 7.12. The number of halogens is 2. The SMILES string of the molecule is Cc1cc(NC(=O)c2ccc(O)c(Cl)c2)cc(C)c1Br. The van der Waals surface area contributed by atoms with Gasteiger partial charge in [0.25, 0.3) is 5.91 Å². The average Bonchev–Trinajstić information content (AvgIpc) is 2.39. The maximum absolute atomic E-state index is 12.1. The quantitative estimate of drug-likeness (QED) is 0.823. The highest BCUT2D eigenvalue weighted by molar-refractivity contribution is 9.10. The van der Waals surface area contributed by atoms with Crippen LogP contribution in [-0.4, -0.2) is 11.0 Å². The summed E-state index contributed by atoms with van der Waals surface area (Å²) in [6, 6.07) is 8.13. The second-order valence-electron chi connectivity index (χ2n) is 4.54. The Labute approximate surface area is 130 Å². The standard InChI is InChI=1S/C15H13BrClNO2/c1-8-5-11(6-9(2)14(8)16)18-15(20)10-3-4-13(19)12(17)7-10/h3-7,19H,1-2H3,(H,18,20). The largest absolute Gasteiger partial charge is 0.506 e. The summed E-state index contributed by atoms with van der Waals surface area (Å²) >= 11 is 9.28. The molecule has 1 amide bonds. The molecule has 0 aliphatic carbocycles. The predicted octanol–water partition coefficient (Wildman–Crippen LogP) is 4.68. The minimum absolute atomic E-state index is 0.0430. The summed E-state index contributed by atoms with van der Waals surface area (Å²) in [4.78, 5) is 12.1. The van der Waals surface area contributed by atoms with Crippen LogP contribution in [0.3, 0.4) is 0 Å². The van der Waals surface area contributed by atoms with Crippen molar-refractivity contribution in [1.29, 1.82) is 0 Å². The molecule has 20 heavy (non-hydrogen) atoms. The van der Waals surface area contributed by atoms with Crippen LogP contribution in [0.5, 0.6) is 5.75 Å². The molecule has 5 heteroatoms. The molecule has 0 atom stereocenters. The van der Waals surface area contributed by atoms with Gasteiger partial charge in [-0.25, -0.2) is 0 Å². The lowest BCUT2D eigenvalue weighted by Gasteiger charge is -2.10. The zero-order chi connectivity index (χ0) is 14.9. The van der Waals surface area contributed by atoms with Gasteiger partial charge in [0.05, 0.1) is 5.02 Å². The lowest BCUT2D eigenvalue weighted by molar-refractivity contribution is 0.102. The van der Waals surface area contributed by atoms with E-state index in [1.54, 1.807) is 0 Å². The van der Waals surface area contributed by atoms with Gasteiger partial charge in [-0.3, -0.25) is 4.79 Å². The van der Waals surface area contributed by atoms with Gasteiger partial charge in [-0.2, -0.15) is 0 Å². The van der Waals surface area contributed by atoms with Gasteiger partial charge in [-0.1, -0.05) is 27.5 Å². The molecule has 0 fully saturated rings. The molecular formula is C15H13BrClNO2. The molecule has 0 aliphatic rings. The van der Waals surface area contributed by atoms with Crippen LogP contribution in [0.1, 0.15) is 21.5 Å². The van der Waals surface area contributed by atoms with Gasteiger partial charge >= 0.3 is 0 Å². The first-order chi connectivity index (χ1) is 9.38. The van der Waals surface area contributed by atoms with Crippen molar-refractivity contribution in [2.45, 2.75) is 13.8 Å². The summed E-state index contributed by atoms with van der Waals surface area (Å²) in [7, 11) is 0. The van der Waals surface area contributed by atoms with Crippen LogP contribution in [0, 0.1) is 13.8 Å². The van der Waals surface area contributed by atoms with Crippen molar-refractivity contribution >= 4 is 39.1 Å². The third-order valence-corrected chi connectivity index (χ3v) is 4.46. The first kappa shape index (κ1) is 14.9. The number of phenols is 1. The van der Waals surface area contributed by atoms with Gasteiger partial charge < -0.3 is 10.4 Å². The van der Waals surface area contributed by atoms with E-state index >= 15 is 0 Å². The highest BCUT2D eigenvalue weighted by atomic mass is 79.9. The molecular weight excluding hydrogens is 342 g/mol. The lowest BCUT2D eigenvalue weighted by atomic mass is 10.1. The lowest BCUT2D eigenvalue weighted by Crippen LogP contribution is -2.12. The van der Waals surface area contributed by atoms with Gasteiger partial charge in [0.2, 0.25) is 0 Å². The molecule has 0 saturated carbocycles. The van der Waals surface area contributed by atoms with Gasteiger partial charge in [-0.15, -0.1) is 0 Å². The molecule has 0 spiro atoms. The maximum Gasteiger partial charge on any atom is 0.255 e. The average molecular weight is 355 g/mol. The number of hydrogen-bond donors (Lipinski definition) is 2. The van der Waals surface area contributed by atoms with Crippen LogP contribution >= 0.6 is 27.5 Å². The Balaban J connectivity index is 2.25. The zero-order valence-corrected chi connectivity index (χ0v) is 13.3. The molecule has 0 bridgehead atoms. The summed E-state index contributed by atoms with van der Waals surface area (Å²) in [6.45, 7) is 3.92. The Bertz CT molecular complexity index is 663. The highest BCUT2D eigenvalue weighted by Gasteiger charge is 2.10. The Morgan fingerprint density at radius 3 is 2.35 bits per heavy atom. The van der Waals surface area contributed by atoms with Crippen LogP contribution in [0.25, 0.3) is 0 Å². The van der Waals surface area contributed by atoms with Gasteiger partial charge in [-0.05, 0) is 55.3 Å². The van der Waals surface area contributed by atoms with Gasteiger partial charge in [0.1, 0.15) is 5.75 Å². The zero-order valence-electron chi connectivity index (χ0n) is 11.0. The number of carbonyl (C=O) groups excluding carboxylic acids is 1. The van der Waals surface area contributed by atoms with E-state index in [1.165, 1.54) is 18.2 Å². The monoisotopic (exact) mass is 353 g/mol. The summed E-state index contributed by atoms with van der Waals surface area (Å²) in [6.07, 6.45) is 0. The molecule has 2 rings (SSSR count). The Morgan fingerprint density at radius 1 is 1.20 bits per heavy atom. The van der Waals surface area contributed by atoms with E-state index in [0.29, 0.717) is 5.56 Å². The second-order valence-corrected chi connectivity index (χ2v) is 5.74. The van der Waals surface area contributed by atoms with Gasteiger partial charge in [0.15, 0.2) is 0 Å². The van der Waals surface area contributed by atoms with E-state index in [4.69, 9.17) is 11.6 Å². The molecule has 0 unspecified atom stereocenters. The number of rotatable bonds is 2. The van der Waals surface area contributed by atoms with Crippen molar-refractivity contribution < 1.29 is 9.90 Å². The summed E-state index contributed by atoms with van der Waals surface area (Å²) in [5.41, 5.74) is 3.21. The minimum Gasteiger partial charge on any atom is -0.506 e. The number of carbonyl (C=O) groups is 1.